The molecular weight excluding hydrogens is 398 g/mol. The number of nitrogens with zero attached hydrogens (tertiary/aromatic N) is 4. The Kier molecular flexibility index (Phi) is 5.59. The average Bonchev–Trinajstić information content (AvgIpc) is 3.32. The van der Waals surface area contributed by atoms with E-state index in [0.717, 1.165) is 12.0 Å². The molecule has 1 N–H and O–H groups in total. The first-order valence-electron chi connectivity index (χ1n) is 8.60. The molecule has 0 fully saturated rings. The van der Waals surface area contributed by atoms with Gasteiger partial charge in [-0.3, -0.25) is 4.57 Å². The van der Waals surface area contributed by atoms with E-state index in [1.54, 1.807) is 10.6 Å². The van der Waals surface area contributed by atoms with Crippen LogP contribution in [0.25, 0.3) is 11.4 Å². The lowest BCUT2D eigenvalue weighted by Crippen LogP contribution is -2.18. The lowest BCUT2D eigenvalue weighted by molar-refractivity contribution is 0.391. The molecule has 0 aliphatic carbocycles. The van der Waals surface area contributed by atoms with E-state index in [1.807, 2.05) is 48.5 Å². The van der Waals surface area contributed by atoms with Gasteiger partial charge in [-0.15, -0.1) is 5.10 Å². The van der Waals surface area contributed by atoms with Crippen molar-refractivity contribution in [1.29, 1.82) is 0 Å². The normalized spacial score (nSPS) is 11.0. The van der Waals surface area contributed by atoms with Gasteiger partial charge in [0.15, 0.2) is 5.16 Å². The molecule has 2 aromatic carbocycles. The highest BCUT2D eigenvalue weighted by atomic mass is 35.5. The van der Waals surface area contributed by atoms with E-state index in [4.69, 9.17) is 16.1 Å². The third-order valence-electron chi connectivity index (χ3n) is 4.10. The van der Waals surface area contributed by atoms with Crippen molar-refractivity contribution in [3.63, 3.8) is 0 Å². The maximum absolute atomic E-state index is 12.1. The van der Waals surface area contributed by atoms with Crippen LogP contribution in [0.3, 0.4) is 0 Å². The van der Waals surface area contributed by atoms with Gasteiger partial charge in [-0.1, -0.05) is 71.0 Å². The van der Waals surface area contributed by atoms with E-state index in [1.165, 1.54) is 11.8 Å². The molecule has 2 aromatic heterocycles. The molecule has 0 atom stereocenters. The fourth-order valence-corrected chi connectivity index (χ4v) is 3.72. The van der Waals surface area contributed by atoms with Crippen molar-refractivity contribution in [1.82, 2.24) is 24.9 Å². The standard InChI is InChI=1S/C19H16ClN5O2S/c20-15-9-5-4-8-14(15)17-21-16(27-24-17)12-28-19-23-22-18(26)25(19)11-10-13-6-2-1-3-7-13/h1-9H,10-12H2,(H,22,26). The summed E-state index contributed by atoms with van der Waals surface area (Å²) in [5.41, 5.74) is 1.64. The fraction of sp³-hybridized carbons (Fsp3) is 0.158. The Bertz CT molecular complexity index is 1120. The van der Waals surface area contributed by atoms with E-state index >= 15 is 0 Å². The molecule has 142 valence electrons. The van der Waals surface area contributed by atoms with E-state index in [9.17, 15) is 4.79 Å². The molecule has 0 saturated carbocycles. The van der Waals surface area contributed by atoms with Gasteiger partial charge in [0.2, 0.25) is 11.7 Å². The van der Waals surface area contributed by atoms with Crippen molar-refractivity contribution in [3.05, 3.63) is 81.6 Å². The smallest absolute Gasteiger partial charge is 0.338 e. The number of aryl methyl sites for hydroxylation is 1. The molecule has 4 rings (SSSR count). The van der Waals surface area contributed by atoms with Crippen molar-refractivity contribution in [3.8, 4) is 11.4 Å². The van der Waals surface area contributed by atoms with Crippen LogP contribution in [-0.2, 0) is 18.7 Å². The summed E-state index contributed by atoms with van der Waals surface area (Å²) < 4.78 is 6.92. The molecule has 0 bridgehead atoms. The number of rotatable bonds is 7. The average molecular weight is 414 g/mol. The molecule has 0 spiro atoms. The van der Waals surface area contributed by atoms with Crippen LogP contribution in [0.4, 0.5) is 0 Å². The lowest BCUT2D eigenvalue weighted by Gasteiger charge is -2.04. The Morgan fingerprint density at radius 1 is 1.11 bits per heavy atom. The molecule has 28 heavy (non-hydrogen) atoms. The molecule has 0 unspecified atom stereocenters. The van der Waals surface area contributed by atoms with Crippen LogP contribution in [0.2, 0.25) is 5.02 Å². The number of halogens is 1. The van der Waals surface area contributed by atoms with Gasteiger partial charge in [0.25, 0.3) is 0 Å². The summed E-state index contributed by atoms with van der Waals surface area (Å²) in [6.45, 7) is 0.538. The fourth-order valence-electron chi connectivity index (χ4n) is 2.69. The van der Waals surface area contributed by atoms with Crippen molar-refractivity contribution < 1.29 is 4.52 Å². The van der Waals surface area contributed by atoms with Gasteiger partial charge in [-0.05, 0) is 24.1 Å². The number of hydrogen-bond donors (Lipinski definition) is 1. The predicted octanol–water partition coefficient (Wildman–Crippen LogP) is 3.81. The first-order valence-corrected chi connectivity index (χ1v) is 9.96. The third-order valence-corrected chi connectivity index (χ3v) is 5.39. The Labute approximate surface area is 169 Å². The predicted molar refractivity (Wildman–Crippen MR) is 107 cm³/mol. The van der Waals surface area contributed by atoms with E-state index in [0.29, 0.717) is 39.8 Å². The summed E-state index contributed by atoms with van der Waals surface area (Å²) >= 11 is 7.53. The van der Waals surface area contributed by atoms with Crippen molar-refractivity contribution >= 4 is 23.4 Å². The molecule has 2 heterocycles. The quantitative estimate of drug-likeness (QED) is 0.463. The molecule has 0 aliphatic heterocycles. The largest absolute Gasteiger partial charge is 0.343 e. The van der Waals surface area contributed by atoms with Crippen LogP contribution >= 0.6 is 23.4 Å². The summed E-state index contributed by atoms with van der Waals surface area (Å²) in [4.78, 5) is 16.4. The van der Waals surface area contributed by atoms with Crippen molar-refractivity contribution in [2.75, 3.05) is 0 Å². The third kappa shape index (κ3) is 4.18. The second-order valence-corrected chi connectivity index (χ2v) is 7.33. The molecule has 4 aromatic rings. The number of H-pyrrole nitrogens is 1. The Morgan fingerprint density at radius 2 is 1.89 bits per heavy atom. The van der Waals surface area contributed by atoms with Gasteiger partial charge in [-0.25, -0.2) is 9.89 Å². The Hall–Kier alpha value is -2.84. The van der Waals surface area contributed by atoms with E-state index in [-0.39, 0.29) is 5.69 Å². The topological polar surface area (TPSA) is 89.6 Å². The zero-order valence-electron chi connectivity index (χ0n) is 14.7. The van der Waals surface area contributed by atoms with Crippen LogP contribution in [0.1, 0.15) is 11.5 Å². The summed E-state index contributed by atoms with van der Waals surface area (Å²) in [6, 6.07) is 17.3. The maximum atomic E-state index is 12.1. The molecule has 9 heteroatoms. The summed E-state index contributed by atoms with van der Waals surface area (Å²) in [7, 11) is 0. The van der Waals surface area contributed by atoms with Crippen LogP contribution in [0, 0.1) is 0 Å². The molecule has 0 amide bonds. The SMILES string of the molecule is O=c1[nH]nc(SCc2nc(-c3ccccc3Cl)no2)n1CCc1ccccc1. The van der Waals surface area contributed by atoms with Gasteiger partial charge in [0.1, 0.15) is 0 Å². The molecule has 7 nitrogen and oxygen atoms in total. The van der Waals surface area contributed by atoms with Crippen molar-refractivity contribution in [2.24, 2.45) is 0 Å². The summed E-state index contributed by atoms with van der Waals surface area (Å²) in [6.07, 6.45) is 0.741. The molecule has 0 saturated heterocycles. The summed E-state index contributed by atoms with van der Waals surface area (Å²) in [5, 5.41) is 11.7. The molecule has 0 radical (unpaired) electrons. The number of aromatic nitrogens is 5. The van der Waals surface area contributed by atoms with Gasteiger partial charge >= 0.3 is 5.69 Å². The minimum absolute atomic E-state index is 0.235. The highest BCUT2D eigenvalue weighted by Crippen LogP contribution is 2.26. The zero-order valence-corrected chi connectivity index (χ0v) is 16.3. The zero-order chi connectivity index (χ0) is 19.3. The molecular formula is C19H16ClN5O2S. The Balaban J connectivity index is 1.43. The molecule has 0 aliphatic rings. The van der Waals surface area contributed by atoms with E-state index < -0.39 is 0 Å². The van der Waals surface area contributed by atoms with E-state index in [2.05, 4.69) is 20.3 Å². The lowest BCUT2D eigenvalue weighted by atomic mass is 10.1. The van der Waals surface area contributed by atoms with Crippen molar-refractivity contribution in [2.45, 2.75) is 23.9 Å². The first kappa shape index (κ1) is 18.5. The summed E-state index contributed by atoms with van der Waals surface area (Å²) in [5.74, 6) is 1.27. The highest BCUT2D eigenvalue weighted by molar-refractivity contribution is 7.98. The van der Waals surface area contributed by atoms with Crippen LogP contribution in [0.5, 0.6) is 0 Å². The number of thioether (sulfide) groups is 1. The van der Waals surface area contributed by atoms with Crippen LogP contribution in [-0.4, -0.2) is 24.9 Å². The first-order chi connectivity index (χ1) is 13.7. The van der Waals surface area contributed by atoms with Gasteiger partial charge in [0, 0.05) is 12.1 Å². The van der Waals surface area contributed by atoms with Crippen LogP contribution in [0.15, 0.2) is 69.1 Å². The monoisotopic (exact) mass is 413 g/mol. The Morgan fingerprint density at radius 3 is 2.71 bits per heavy atom. The minimum atomic E-state index is -0.235. The van der Waals surface area contributed by atoms with Gasteiger partial charge in [-0.2, -0.15) is 4.98 Å². The second-order valence-electron chi connectivity index (χ2n) is 5.98. The van der Waals surface area contributed by atoms with Crippen LogP contribution < -0.4 is 5.69 Å². The van der Waals surface area contributed by atoms with Gasteiger partial charge < -0.3 is 4.52 Å². The highest BCUT2D eigenvalue weighted by Gasteiger charge is 2.14. The minimum Gasteiger partial charge on any atom is -0.338 e. The second kappa shape index (κ2) is 8.45. The number of benzene rings is 2. The number of hydrogen-bond acceptors (Lipinski definition) is 6. The number of aromatic amines is 1. The van der Waals surface area contributed by atoms with Gasteiger partial charge in [0.05, 0.1) is 10.8 Å². The maximum Gasteiger partial charge on any atom is 0.343 e. The number of nitrogens with one attached hydrogen (secondary N) is 1.